The summed E-state index contributed by atoms with van der Waals surface area (Å²) in [6.45, 7) is -1.70. The number of aliphatic hydroxyl groups excluding tert-OH is 14. The van der Waals surface area contributed by atoms with Crippen molar-refractivity contribution in [1.82, 2.24) is 0 Å². The van der Waals surface area contributed by atoms with Gasteiger partial charge in [0.2, 0.25) is 0 Å². The molecule has 2 rings (SSSR count). The Labute approximate surface area is 192 Å². The van der Waals surface area contributed by atoms with Crippen molar-refractivity contribution in [3.63, 3.8) is 0 Å². The molecular formula is C18H34O16. The van der Waals surface area contributed by atoms with E-state index in [1.165, 1.54) is 0 Å². The molecule has 2 fully saturated rings. The van der Waals surface area contributed by atoms with Gasteiger partial charge >= 0.3 is 0 Å². The molecule has 0 aromatic heterocycles. The smallest absolute Gasteiger partial charge is 0.115 e. The average Bonchev–Trinajstić information content (AvgIpc) is 2.83. The normalized spacial score (nSPS) is 44.6. The van der Waals surface area contributed by atoms with Crippen molar-refractivity contribution in [2.45, 2.75) is 97.7 Å². The van der Waals surface area contributed by atoms with E-state index < -0.39 is 111 Å². The third-order valence-corrected chi connectivity index (χ3v) is 6.28. The molecule has 2 saturated heterocycles. The molecular weight excluding hydrogens is 472 g/mol. The van der Waals surface area contributed by atoms with E-state index in [-0.39, 0.29) is 0 Å². The van der Waals surface area contributed by atoms with Gasteiger partial charge < -0.3 is 81.0 Å². The lowest BCUT2D eigenvalue weighted by atomic mass is 9.85. The number of hydrogen-bond acceptors (Lipinski definition) is 16. The second-order valence-corrected chi connectivity index (χ2v) is 8.53. The summed E-state index contributed by atoms with van der Waals surface area (Å²) < 4.78 is 10.1. The van der Waals surface area contributed by atoms with Crippen LogP contribution in [0.3, 0.4) is 0 Å². The summed E-state index contributed by atoms with van der Waals surface area (Å²) >= 11 is 0. The molecule has 202 valence electrons. The molecule has 0 saturated carbocycles. The minimum atomic E-state index is -2.45. The largest absolute Gasteiger partial charge is 0.394 e. The Kier molecular flexibility index (Phi) is 10.5. The molecule has 2 heterocycles. The van der Waals surface area contributed by atoms with E-state index in [2.05, 4.69) is 0 Å². The van der Waals surface area contributed by atoms with Gasteiger partial charge in [0, 0.05) is 0 Å². The van der Waals surface area contributed by atoms with Crippen molar-refractivity contribution in [3.8, 4) is 0 Å². The minimum Gasteiger partial charge on any atom is -0.394 e. The van der Waals surface area contributed by atoms with Gasteiger partial charge in [-0.15, -0.1) is 0 Å². The summed E-state index contributed by atoms with van der Waals surface area (Å²) in [4.78, 5) is 0. The highest BCUT2D eigenvalue weighted by atomic mass is 16.6. The van der Waals surface area contributed by atoms with E-state index in [1.807, 2.05) is 0 Å². The summed E-state index contributed by atoms with van der Waals surface area (Å²) in [7, 11) is 0. The maximum absolute atomic E-state index is 10.3. The zero-order valence-corrected chi connectivity index (χ0v) is 17.7. The molecule has 0 radical (unpaired) electrons. The van der Waals surface area contributed by atoms with Crippen molar-refractivity contribution in [2.24, 2.45) is 0 Å². The number of aliphatic hydroxyl groups is 14. The van der Waals surface area contributed by atoms with Crippen LogP contribution in [-0.4, -0.2) is 182 Å². The molecule has 0 amide bonds. The van der Waals surface area contributed by atoms with Crippen LogP contribution in [0.25, 0.3) is 0 Å². The van der Waals surface area contributed by atoms with Crippen LogP contribution in [0.2, 0.25) is 0 Å². The monoisotopic (exact) mass is 506 g/mol. The van der Waals surface area contributed by atoms with Crippen LogP contribution in [0, 0.1) is 0 Å². The third kappa shape index (κ3) is 5.68. The first kappa shape index (κ1) is 29.6. The highest BCUT2D eigenvalue weighted by molar-refractivity contribution is 5.01. The van der Waals surface area contributed by atoms with Gasteiger partial charge in [-0.1, -0.05) is 0 Å². The molecule has 2 aliphatic heterocycles. The van der Waals surface area contributed by atoms with Gasteiger partial charge in [0.25, 0.3) is 0 Å². The fraction of sp³-hybridized carbons (Fsp3) is 1.00. The Morgan fingerprint density at radius 1 is 0.441 bits per heavy atom. The van der Waals surface area contributed by atoms with Crippen molar-refractivity contribution in [3.05, 3.63) is 0 Å². The molecule has 4 unspecified atom stereocenters. The van der Waals surface area contributed by atoms with E-state index in [0.29, 0.717) is 0 Å². The van der Waals surface area contributed by atoms with Gasteiger partial charge in [-0.25, -0.2) is 0 Å². The summed E-state index contributed by atoms with van der Waals surface area (Å²) in [5.74, 6) is 0. The highest BCUT2D eigenvalue weighted by Gasteiger charge is 2.52. The van der Waals surface area contributed by atoms with E-state index in [0.717, 1.165) is 0 Å². The Balaban J connectivity index is 2.10. The topological polar surface area (TPSA) is 302 Å². The van der Waals surface area contributed by atoms with Gasteiger partial charge in [0.05, 0.1) is 13.2 Å². The lowest BCUT2D eigenvalue weighted by molar-refractivity contribution is -0.272. The van der Waals surface area contributed by atoms with Crippen LogP contribution >= 0.6 is 0 Å². The molecule has 0 aromatic rings. The Morgan fingerprint density at radius 2 is 0.735 bits per heavy atom. The van der Waals surface area contributed by atoms with Gasteiger partial charge in [-0.05, 0) is 0 Å². The Morgan fingerprint density at radius 3 is 1.00 bits per heavy atom. The van der Waals surface area contributed by atoms with E-state index >= 15 is 0 Å². The van der Waals surface area contributed by atoms with Crippen molar-refractivity contribution in [2.75, 3.05) is 13.2 Å². The van der Waals surface area contributed by atoms with Crippen LogP contribution in [0.15, 0.2) is 0 Å². The molecule has 16 atom stereocenters. The van der Waals surface area contributed by atoms with Gasteiger partial charge in [0.15, 0.2) is 0 Å². The van der Waals surface area contributed by atoms with E-state index in [9.17, 15) is 71.5 Å². The van der Waals surface area contributed by atoms with Crippen LogP contribution in [0.1, 0.15) is 0 Å². The first-order valence-corrected chi connectivity index (χ1v) is 10.5. The second kappa shape index (κ2) is 12.1. The fourth-order valence-corrected chi connectivity index (χ4v) is 4.02. The molecule has 0 bridgehead atoms. The minimum absolute atomic E-state index is 0.848. The summed E-state index contributed by atoms with van der Waals surface area (Å²) in [5, 5.41) is 139. The maximum Gasteiger partial charge on any atom is 0.115 e. The van der Waals surface area contributed by atoms with E-state index in [4.69, 9.17) is 9.47 Å². The molecule has 0 aromatic carbocycles. The van der Waals surface area contributed by atoms with Gasteiger partial charge in [0.1, 0.15) is 97.7 Å². The second-order valence-electron chi connectivity index (χ2n) is 8.53. The van der Waals surface area contributed by atoms with E-state index in [1.54, 1.807) is 0 Å². The molecule has 2 aliphatic rings. The van der Waals surface area contributed by atoms with Crippen LogP contribution in [-0.2, 0) is 9.47 Å². The predicted octanol–water partition coefficient (Wildman–Crippen LogP) is -9.16. The molecule has 16 heteroatoms. The molecule has 16 nitrogen and oxygen atoms in total. The molecule has 0 spiro atoms. The summed E-state index contributed by atoms with van der Waals surface area (Å²) in [5.41, 5.74) is 0. The highest BCUT2D eigenvalue weighted by Crippen LogP contribution is 2.28. The molecule has 0 aliphatic carbocycles. The first-order chi connectivity index (χ1) is 15.8. The van der Waals surface area contributed by atoms with Crippen LogP contribution in [0.5, 0.6) is 0 Å². The number of ether oxygens (including phenoxy) is 2. The SMILES string of the molecule is OC[C@H]1OC(C(O)[C@@H](O)[C@@H](O)[C@H](O)[C@H](O)C(O)C2O[C@H](CO)[C@@H](O)[C@H](O)[C@H]2O)[C@H](O)[C@@H](O)[C@@H]1O. The Hall–Kier alpha value is -0.640. The number of hydrogen-bond donors (Lipinski definition) is 14. The molecule has 14 N–H and O–H groups in total. The maximum atomic E-state index is 10.3. The zero-order valence-electron chi connectivity index (χ0n) is 17.7. The van der Waals surface area contributed by atoms with Gasteiger partial charge in [-0.2, -0.15) is 0 Å². The van der Waals surface area contributed by atoms with Crippen molar-refractivity contribution < 1.29 is 81.0 Å². The number of rotatable bonds is 9. The lowest BCUT2D eigenvalue weighted by Crippen LogP contribution is -2.66. The van der Waals surface area contributed by atoms with Crippen LogP contribution in [0.4, 0.5) is 0 Å². The average molecular weight is 506 g/mol. The van der Waals surface area contributed by atoms with Crippen LogP contribution < -0.4 is 0 Å². The third-order valence-electron chi connectivity index (χ3n) is 6.28. The standard InChI is InChI=1S/C18H34O16/c19-1-3-5(21)7(23)13(29)17(33-3)15(31)11(27)9(25)10(26)12(28)16(32)18-14(30)8(24)6(22)4(2-20)34-18/h3-32H,1-2H2/t3-,4-,5-,6-,7+,8+,9+,10+,11+,12+,13-,14-,15?,16?,17?,18?/m1/s1. The molecule has 34 heavy (non-hydrogen) atoms. The fourth-order valence-electron chi connectivity index (χ4n) is 4.02. The Bertz CT molecular complexity index is 571. The summed E-state index contributed by atoms with van der Waals surface area (Å²) in [6.07, 6.45) is -32.2. The van der Waals surface area contributed by atoms with Gasteiger partial charge in [-0.3, -0.25) is 0 Å². The van der Waals surface area contributed by atoms with Crippen molar-refractivity contribution >= 4 is 0 Å². The quantitative estimate of drug-likeness (QED) is 0.138. The lowest BCUT2D eigenvalue weighted by Gasteiger charge is -2.44. The predicted molar refractivity (Wildman–Crippen MR) is 104 cm³/mol. The first-order valence-electron chi connectivity index (χ1n) is 10.5. The van der Waals surface area contributed by atoms with Crippen molar-refractivity contribution in [1.29, 1.82) is 0 Å². The zero-order chi connectivity index (χ0) is 26.1. The summed E-state index contributed by atoms with van der Waals surface area (Å²) in [6, 6.07) is 0.